The number of aromatic nitrogens is 2. The van der Waals surface area contributed by atoms with E-state index >= 15 is 0 Å². The summed E-state index contributed by atoms with van der Waals surface area (Å²) in [5.74, 6) is -1.56. The van der Waals surface area contributed by atoms with Crippen molar-refractivity contribution in [2.24, 2.45) is 0 Å². The molecule has 2 aromatic rings. The average molecular weight is 306 g/mol. The van der Waals surface area contributed by atoms with Crippen molar-refractivity contribution in [3.8, 4) is 11.1 Å². The molecule has 1 N–H and O–H groups in total. The molecule has 1 heterocycles. The fourth-order valence-electron chi connectivity index (χ4n) is 2.54. The van der Waals surface area contributed by atoms with Gasteiger partial charge in [-0.25, -0.2) is 4.39 Å². The van der Waals surface area contributed by atoms with Gasteiger partial charge in [0.25, 0.3) is 0 Å². The van der Waals surface area contributed by atoms with E-state index in [4.69, 9.17) is 9.84 Å². The summed E-state index contributed by atoms with van der Waals surface area (Å²) in [5, 5.41) is 13.3. The number of carbonyl (C=O) groups is 1. The molecule has 0 aliphatic heterocycles. The number of hydrogen-bond donors (Lipinski definition) is 1. The molecule has 0 bridgehead atoms. The maximum absolute atomic E-state index is 13.7. The first kappa shape index (κ1) is 16.2. The van der Waals surface area contributed by atoms with Gasteiger partial charge in [-0.3, -0.25) is 9.48 Å². The second-order valence-electron chi connectivity index (χ2n) is 5.14. The van der Waals surface area contributed by atoms with Gasteiger partial charge in [0.05, 0.1) is 25.3 Å². The fourth-order valence-corrected chi connectivity index (χ4v) is 2.54. The second kappa shape index (κ2) is 6.70. The number of aliphatic carboxylic acids is 1. The molecule has 0 spiro atoms. The maximum atomic E-state index is 13.7. The topological polar surface area (TPSA) is 64.4 Å². The Hall–Kier alpha value is -2.21. The van der Waals surface area contributed by atoms with Gasteiger partial charge in [0.1, 0.15) is 5.82 Å². The van der Waals surface area contributed by atoms with Crippen LogP contribution in [0.1, 0.15) is 17.0 Å². The van der Waals surface area contributed by atoms with Crippen LogP contribution < -0.4 is 0 Å². The lowest BCUT2D eigenvalue weighted by Crippen LogP contribution is -2.07. The number of benzene rings is 1. The van der Waals surface area contributed by atoms with Gasteiger partial charge >= 0.3 is 5.97 Å². The molecular formula is C16H19FN2O3. The Morgan fingerprint density at radius 1 is 1.41 bits per heavy atom. The third kappa shape index (κ3) is 3.33. The van der Waals surface area contributed by atoms with Crippen molar-refractivity contribution in [2.45, 2.75) is 26.8 Å². The summed E-state index contributed by atoms with van der Waals surface area (Å²) in [5.41, 5.74) is 3.62. The van der Waals surface area contributed by atoms with E-state index in [9.17, 15) is 9.18 Å². The number of rotatable bonds is 6. The molecule has 0 saturated carbocycles. The molecule has 2 rings (SSSR count). The molecule has 22 heavy (non-hydrogen) atoms. The summed E-state index contributed by atoms with van der Waals surface area (Å²) < 4.78 is 20.6. The first-order valence-electron chi connectivity index (χ1n) is 6.97. The number of hydrogen-bond acceptors (Lipinski definition) is 3. The van der Waals surface area contributed by atoms with Crippen molar-refractivity contribution < 1.29 is 19.0 Å². The normalized spacial score (nSPS) is 10.9. The highest BCUT2D eigenvalue weighted by Gasteiger charge is 2.16. The maximum Gasteiger partial charge on any atom is 0.307 e. The van der Waals surface area contributed by atoms with Gasteiger partial charge in [-0.1, -0.05) is 6.07 Å². The minimum Gasteiger partial charge on any atom is -0.481 e. The lowest BCUT2D eigenvalue weighted by molar-refractivity contribution is -0.136. The fraction of sp³-hybridized carbons (Fsp3) is 0.375. The molecule has 0 atom stereocenters. The Labute approximate surface area is 128 Å². The molecule has 1 aromatic heterocycles. The van der Waals surface area contributed by atoms with E-state index < -0.39 is 11.8 Å². The predicted molar refractivity (Wildman–Crippen MR) is 80.3 cm³/mol. The molecule has 6 heteroatoms. The molecule has 0 amide bonds. The number of nitrogens with zero attached hydrogens (tertiary/aromatic N) is 2. The van der Waals surface area contributed by atoms with E-state index in [1.807, 2.05) is 18.5 Å². The van der Waals surface area contributed by atoms with Gasteiger partial charge in [0.2, 0.25) is 0 Å². The Morgan fingerprint density at radius 2 is 2.14 bits per heavy atom. The minimum atomic E-state index is -1.06. The Morgan fingerprint density at radius 3 is 2.77 bits per heavy atom. The van der Waals surface area contributed by atoms with E-state index in [0.29, 0.717) is 13.2 Å². The molecule has 0 radical (unpaired) electrons. The van der Waals surface area contributed by atoms with Crippen molar-refractivity contribution in [1.29, 1.82) is 0 Å². The van der Waals surface area contributed by atoms with Crippen LogP contribution in [-0.2, 0) is 22.5 Å². The van der Waals surface area contributed by atoms with Crippen LogP contribution >= 0.6 is 0 Å². The molecular weight excluding hydrogens is 287 g/mol. The van der Waals surface area contributed by atoms with Gasteiger partial charge in [0.15, 0.2) is 0 Å². The SMILES string of the molecule is COCCn1nc(C)c(-c2ccc(F)c(CC(=O)O)c2)c1C. The molecule has 1 aromatic carbocycles. The predicted octanol–water partition coefficient (Wildman–Crippen LogP) is 2.58. The summed E-state index contributed by atoms with van der Waals surface area (Å²) in [4.78, 5) is 10.8. The second-order valence-corrected chi connectivity index (χ2v) is 5.14. The molecule has 0 aliphatic rings. The van der Waals surface area contributed by atoms with Crippen LogP contribution in [0, 0.1) is 19.7 Å². The highest BCUT2D eigenvalue weighted by molar-refractivity contribution is 5.73. The van der Waals surface area contributed by atoms with Crippen molar-refractivity contribution in [1.82, 2.24) is 9.78 Å². The standard InChI is InChI=1S/C16H19FN2O3/c1-10-16(11(2)19(18-10)6-7-22-3)12-4-5-14(17)13(8-12)9-15(20)21/h4-5,8H,6-7,9H2,1-3H3,(H,20,21). The van der Waals surface area contributed by atoms with Crippen LogP contribution in [0.3, 0.4) is 0 Å². The van der Waals surface area contributed by atoms with Crippen LogP contribution in [0.15, 0.2) is 18.2 Å². The lowest BCUT2D eigenvalue weighted by Gasteiger charge is -2.07. The van der Waals surface area contributed by atoms with E-state index in [1.165, 1.54) is 6.07 Å². The molecule has 0 fully saturated rings. The smallest absolute Gasteiger partial charge is 0.307 e. The summed E-state index contributed by atoms with van der Waals surface area (Å²) in [6.07, 6.45) is -0.338. The largest absolute Gasteiger partial charge is 0.481 e. The van der Waals surface area contributed by atoms with Crippen molar-refractivity contribution >= 4 is 5.97 Å². The van der Waals surface area contributed by atoms with Gasteiger partial charge in [0, 0.05) is 18.4 Å². The van der Waals surface area contributed by atoms with Gasteiger partial charge in [-0.15, -0.1) is 0 Å². The molecule has 0 saturated heterocycles. The number of aryl methyl sites for hydroxylation is 1. The van der Waals surface area contributed by atoms with Crippen LogP contribution in [-0.4, -0.2) is 34.6 Å². The number of carboxylic acid groups (broad SMARTS) is 1. The Kier molecular flexibility index (Phi) is 4.92. The first-order chi connectivity index (χ1) is 10.4. The van der Waals surface area contributed by atoms with Crippen molar-refractivity contribution in [3.05, 3.63) is 41.0 Å². The van der Waals surface area contributed by atoms with Crippen LogP contribution in [0.25, 0.3) is 11.1 Å². The van der Waals surface area contributed by atoms with E-state index in [2.05, 4.69) is 5.10 Å². The molecule has 0 aliphatic carbocycles. The van der Waals surface area contributed by atoms with E-state index in [-0.39, 0.29) is 12.0 Å². The summed E-state index contributed by atoms with van der Waals surface area (Å²) in [6, 6.07) is 4.54. The van der Waals surface area contributed by atoms with Gasteiger partial charge in [-0.05, 0) is 37.1 Å². The monoisotopic (exact) mass is 306 g/mol. The number of halogens is 1. The number of ether oxygens (including phenoxy) is 1. The Bertz CT molecular complexity index is 695. The number of methoxy groups -OCH3 is 1. The van der Waals surface area contributed by atoms with Crippen LogP contribution in [0.2, 0.25) is 0 Å². The van der Waals surface area contributed by atoms with Gasteiger partial charge in [-0.2, -0.15) is 5.10 Å². The van der Waals surface area contributed by atoms with Crippen molar-refractivity contribution in [3.63, 3.8) is 0 Å². The Balaban J connectivity index is 2.43. The summed E-state index contributed by atoms with van der Waals surface area (Å²) >= 11 is 0. The van der Waals surface area contributed by atoms with E-state index in [1.54, 1.807) is 19.2 Å². The zero-order valence-corrected chi connectivity index (χ0v) is 12.9. The van der Waals surface area contributed by atoms with Crippen LogP contribution in [0.4, 0.5) is 4.39 Å². The average Bonchev–Trinajstić information content (AvgIpc) is 2.73. The molecule has 118 valence electrons. The third-order valence-electron chi connectivity index (χ3n) is 3.56. The lowest BCUT2D eigenvalue weighted by atomic mass is 10.00. The minimum absolute atomic E-state index is 0.174. The third-order valence-corrected chi connectivity index (χ3v) is 3.56. The summed E-state index contributed by atoms with van der Waals surface area (Å²) in [7, 11) is 1.63. The first-order valence-corrected chi connectivity index (χ1v) is 6.97. The quantitative estimate of drug-likeness (QED) is 0.891. The van der Waals surface area contributed by atoms with Gasteiger partial charge < -0.3 is 9.84 Å². The molecule has 5 nitrogen and oxygen atoms in total. The highest BCUT2D eigenvalue weighted by Crippen LogP contribution is 2.28. The summed E-state index contributed by atoms with van der Waals surface area (Å²) in [6.45, 7) is 5.00. The van der Waals surface area contributed by atoms with Crippen LogP contribution in [0.5, 0.6) is 0 Å². The van der Waals surface area contributed by atoms with E-state index in [0.717, 1.165) is 22.5 Å². The zero-order valence-electron chi connectivity index (χ0n) is 12.9. The zero-order chi connectivity index (χ0) is 16.3. The number of carboxylic acids is 1. The highest BCUT2D eigenvalue weighted by atomic mass is 19.1. The molecule has 0 unspecified atom stereocenters. The van der Waals surface area contributed by atoms with Crippen molar-refractivity contribution in [2.75, 3.05) is 13.7 Å².